The molecule has 0 fully saturated rings. The molecule has 2 amide bonds. The van der Waals surface area contributed by atoms with Gasteiger partial charge in [0.15, 0.2) is 0 Å². The summed E-state index contributed by atoms with van der Waals surface area (Å²) in [5, 5.41) is 8.95. The van der Waals surface area contributed by atoms with Crippen molar-refractivity contribution in [3.8, 4) is 16.2 Å². The summed E-state index contributed by atoms with van der Waals surface area (Å²) in [6, 6.07) is 8.41. The highest BCUT2D eigenvalue weighted by Crippen LogP contribution is 2.27. The van der Waals surface area contributed by atoms with Crippen LogP contribution >= 0.6 is 11.3 Å². The first-order valence-corrected chi connectivity index (χ1v) is 9.54. The number of thiophene rings is 1. The maximum absolute atomic E-state index is 12.1. The number of hydrogen-bond donors (Lipinski definition) is 2. The zero-order valence-corrected chi connectivity index (χ0v) is 16.5. The van der Waals surface area contributed by atoms with E-state index in [2.05, 4.69) is 20.5 Å². The molecule has 3 rings (SSSR count). The lowest BCUT2D eigenvalue weighted by Gasteiger charge is -2.10. The Morgan fingerprint density at radius 1 is 1.13 bits per heavy atom. The van der Waals surface area contributed by atoms with Crippen LogP contribution in [0.3, 0.4) is 0 Å². The predicted molar refractivity (Wildman–Crippen MR) is 105 cm³/mol. The summed E-state index contributed by atoms with van der Waals surface area (Å²) in [6.07, 6.45) is -0.577. The molecule has 1 aromatic carbocycles. The molecule has 11 heteroatoms. The second-order valence-electron chi connectivity index (χ2n) is 6.20. The summed E-state index contributed by atoms with van der Waals surface area (Å²) >= 11 is 1.57. The molecule has 2 heterocycles. The summed E-state index contributed by atoms with van der Waals surface area (Å²) in [4.78, 5) is 25.9. The van der Waals surface area contributed by atoms with Crippen molar-refractivity contribution in [2.45, 2.75) is 12.8 Å². The smallest absolute Gasteiger partial charge is 0.406 e. The standard InChI is InChI=1S/C19H17F3N4O3S/c1-26-11-12(10-24-26)16-7-6-15(30-16)8-9-23-17(27)18(28)25-13-2-4-14(5-3-13)29-19(20,21)22/h2-7,10-11H,8-9H2,1H3,(H,23,27)(H,25,28). The Labute approximate surface area is 173 Å². The zero-order valence-electron chi connectivity index (χ0n) is 15.7. The Hall–Kier alpha value is -3.34. The minimum absolute atomic E-state index is 0.170. The first-order valence-electron chi connectivity index (χ1n) is 8.72. The van der Waals surface area contributed by atoms with Crippen LogP contribution < -0.4 is 15.4 Å². The predicted octanol–water partition coefficient (Wildman–Crippen LogP) is 3.34. The van der Waals surface area contributed by atoms with Gasteiger partial charge in [-0.05, 0) is 42.8 Å². The number of alkyl halides is 3. The molecule has 3 aromatic rings. The summed E-state index contributed by atoms with van der Waals surface area (Å²) in [6.45, 7) is 0.262. The fourth-order valence-corrected chi connectivity index (χ4v) is 3.51. The van der Waals surface area contributed by atoms with Crippen LogP contribution in [0, 0.1) is 0 Å². The highest BCUT2D eigenvalue weighted by molar-refractivity contribution is 7.15. The second-order valence-corrected chi connectivity index (χ2v) is 7.37. The van der Waals surface area contributed by atoms with E-state index < -0.39 is 23.9 Å². The third-order valence-corrected chi connectivity index (χ3v) is 5.05. The highest BCUT2D eigenvalue weighted by atomic mass is 32.1. The minimum atomic E-state index is -4.80. The van der Waals surface area contributed by atoms with Gasteiger partial charge in [-0.15, -0.1) is 24.5 Å². The topological polar surface area (TPSA) is 85.2 Å². The van der Waals surface area contributed by atoms with Crippen molar-refractivity contribution in [2.75, 3.05) is 11.9 Å². The van der Waals surface area contributed by atoms with Gasteiger partial charge in [0.2, 0.25) is 0 Å². The molecule has 0 unspecified atom stereocenters. The van der Waals surface area contributed by atoms with Crippen LogP contribution in [-0.4, -0.2) is 34.5 Å². The van der Waals surface area contributed by atoms with Gasteiger partial charge >= 0.3 is 18.2 Å². The van der Waals surface area contributed by atoms with Crippen molar-refractivity contribution in [1.82, 2.24) is 15.1 Å². The van der Waals surface area contributed by atoms with Gasteiger partial charge in [-0.25, -0.2) is 0 Å². The molecule has 0 bridgehead atoms. The van der Waals surface area contributed by atoms with Crippen molar-refractivity contribution in [3.63, 3.8) is 0 Å². The van der Waals surface area contributed by atoms with Crippen LogP contribution in [0.1, 0.15) is 4.88 Å². The number of nitrogens with one attached hydrogen (secondary N) is 2. The molecule has 0 aliphatic rings. The summed E-state index contributed by atoms with van der Waals surface area (Å²) in [5.74, 6) is -2.18. The van der Waals surface area contributed by atoms with Crippen LogP contribution in [0.15, 0.2) is 48.8 Å². The van der Waals surface area contributed by atoms with Crippen LogP contribution in [0.4, 0.5) is 18.9 Å². The van der Waals surface area contributed by atoms with E-state index >= 15 is 0 Å². The quantitative estimate of drug-likeness (QED) is 0.578. The fraction of sp³-hybridized carbons (Fsp3) is 0.211. The van der Waals surface area contributed by atoms with E-state index in [1.165, 1.54) is 12.1 Å². The number of hydrogen-bond acceptors (Lipinski definition) is 5. The monoisotopic (exact) mass is 438 g/mol. The van der Waals surface area contributed by atoms with Gasteiger partial charge in [-0.2, -0.15) is 5.10 Å². The van der Waals surface area contributed by atoms with Gasteiger partial charge in [-0.1, -0.05) is 0 Å². The molecular weight excluding hydrogens is 421 g/mol. The Morgan fingerprint density at radius 2 is 1.87 bits per heavy atom. The lowest BCUT2D eigenvalue weighted by molar-refractivity contribution is -0.274. The summed E-state index contributed by atoms with van der Waals surface area (Å²) in [5.41, 5.74) is 1.17. The Kier molecular flexibility index (Phi) is 6.40. The molecule has 2 N–H and O–H groups in total. The Balaban J connectivity index is 1.45. The third-order valence-electron chi connectivity index (χ3n) is 3.86. The molecule has 7 nitrogen and oxygen atoms in total. The largest absolute Gasteiger partial charge is 0.573 e. The molecule has 0 spiro atoms. The number of aryl methyl sites for hydroxylation is 1. The van der Waals surface area contributed by atoms with Gasteiger partial charge in [0.25, 0.3) is 0 Å². The van der Waals surface area contributed by atoms with E-state index in [0.29, 0.717) is 6.42 Å². The van der Waals surface area contributed by atoms with E-state index in [1.54, 1.807) is 22.2 Å². The number of amides is 2. The van der Waals surface area contributed by atoms with E-state index in [1.807, 2.05) is 25.4 Å². The normalized spacial score (nSPS) is 11.2. The van der Waals surface area contributed by atoms with Crippen molar-refractivity contribution in [3.05, 3.63) is 53.7 Å². The summed E-state index contributed by atoms with van der Waals surface area (Å²) in [7, 11) is 1.84. The number of nitrogens with zero attached hydrogens (tertiary/aromatic N) is 2. The number of ether oxygens (including phenoxy) is 1. The van der Waals surface area contributed by atoms with Crippen molar-refractivity contribution in [1.29, 1.82) is 0 Å². The SMILES string of the molecule is Cn1cc(-c2ccc(CCNC(=O)C(=O)Nc3ccc(OC(F)(F)F)cc3)s2)cn1. The van der Waals surface area contributed by atoms with Gasteiger partial charge < -0.3 is 15.4 Å². The molecule has 0 aliphatic heterocycles. The van der Waals surface area contributed by atoms with Gasteiger partial charge in [0.05, 0.1) is 6.20 Å². The third kappa shape index (κ3) is 6.08. The number of rotatable bonds is 6. The molecule has 0 saturated heterocycles. The van der Waals surface area contributed by atoms with Crippen molar-refractivity contribution >= 4 is 28.8 Å². The maximum atomic E-state index is 12.1. The molecule has 0 atom stereocenters. The molecule has 0 aliphatic carbocycles. The molecule has 30 heavy (non-hydrogen) atoms. The number of carbonyl (C=O) groups is 2. The van der Waals surface area contributed by atoms with E-state index in [4.69, 9.17) is 0 Å². The van der Waals surface area contributed by atoms with Crippen LogP contribution in [0.2, 0.25) is 0 Å². The minimum Gasteiger partial charge on any atom is -0.406 e. The number of carbonyl (C=O) groups excluding carboxylic acids is 2. The fourth-order valence-electron chi connectivity index (χ4n) is 2.52. The highest BCUT2D eigenvalue weighted by Gasteiger charge is 2.31. The Morgan fingerprint density at radius 3 is 2.50 bits per heavy atom. The van der Waals surface area contributed by atoms with Crippen molar-refractivity contribution in [2.24, 2.45) is 7.05 Å². The van der Waals surface area contributed by atoms with Crippen LogP contribution in [-0.2, 0) is 23.1 Å². The number of anilines is 1. The van der Waals surface area contributed by atoms with Crippen molar-refractivity contribution < 1.29 is 27.5 Å². The van der Waals surface area contributed by atoms with E-state index in [9.17, 15) is 22.8 Å². The van der Waals surface area contributed by atoms with E-state index in [-0.39, 0.29) is 12.2 Å². The Bertz CT molecular complexity index is 1030. The molecule has 2 aromatic heterocycles. The van der Waals surface area contributed by atoms with Crippen LogP contribution in [0.5, 0.6) is 5.75 Å². The first-order chi connectivity index (χ1) is 14.2. The zero-order chi connectivity index (χ0) is 21.7. The average molecular weight is 438 g/mol. The molecule has 0 saturated carbocycles. The number of halogens is 3. The average Bonchev–Trinajstić information content (AvgIpc) is 3.31. The molecule has 158 valence electrons. The van der Waals surface area contributed by atoms with Gasteiger partial charge in [-0.3, -0.25) is 14.3 Å². The number of benzene rings is 1. The first kappa shape index (κ1) is 21.4. The molecular formula is C19H17F3N4O3S. The molecule has 0 radical (unpaired) electrons. The van der Waals surface area contributed by atoms with E-state index in [0.717, 1.165) is 27.5 Å². The van der Waals surface area contributed by atoms with Crippen LogP contribution in [0.25, 0.3) is 10.4 Å². The second kappa shape index (κ2) is 8.99. The summed E-state index contributed by atoms with van der Waals surface area (Å²) < 4.78 is 41.9. The van der Waals surface area contributed by atoms with Gasteiger partial charge in [0, 0.05) is 40.8 Å². The lowest BCUT2D eigenvalue weighted by Crippen LogP contribution is -2.36. The van der Waals surface area contributed by atoms with Gasteiger partial charge in [0.1, 0.15) is 5.75 Å². The maximum Gasteiger partial charge on any atom is 0.573 e. The number of aromatic nitrogens is 2. The lowest BCUT2D eigenvalue weighted by atomic mass is 10.3.